The summed E-state index contributed by atoms with van der Waals surface area (Å²) in [5.74, 6) is -12.4. The Labute approximate surface area is 136 Å². The molecule has 0 spiro atoms. The summed E-state index contributed by atoms with van der Waals surface area (Å²) >= 11 is 0. The van der Waals surface area contributed by atoms with Gasteiger partial charge < -0.3 is 0 Å². The summed E-state index contributed by atoms with van der Waals surface area (Å²) in [5, 5.41) is 0. The molecule has 150 valence electrons. The Morgan fingerprint density at radius 2 is 0.962 bits per heavy atom. The predicted molar refractivity (Wildman–Crippen MR) is 59.0 cm³/mol. The van der Waals surface area contributed by atoms with Gasteiger partial charge in [-0.25, -0.2) is 38.8 Å². The number of halogens is 11. The number of rotatable bonds is 3. The summed E-state index contributed by atoms with van der Waals surface area (Å²) in [5.41, 5.74) is -17.6. The van der Waals surface area contributed by atoms with Gasteiger partial charge in [0, 0.05) is 0 Å². The molecule has 0 saturated heterocycles. The lowest BCUT2D eigenvalue weighted by Gasteiger charge is -2.27. The summed E-state index contributed by atoms with van der Waals surface area (Å²) < 4.78 is 180. The highest BCUT2D eigenvalue weighted by molar-refractivity contribution is 8.10. The van der Waals surface area contributed by atoms with E-state index >= 15 is 0 Å². The third-order valence-electron chi connectivity index (χ3n) is 2.73. The predicted octanol–water partition coefficient (Wildman–Crippen LogP) is 3.19. The van der Waals surface area contributed by atoms with Gasteiger partial charge in [-0.3, -0.25) is 0 Å². The number of hydrogen-bond acceptors (Lipinski definition) is 4. The average Bonchev–Trinajstić information content (AvgIpc) is 2.45. The van der Waals surface area contributed by atoms with Crippen molar-refractivity contribution in [3.63, 3.8) is 0 Å². The molecule has 0 fully saturated rings. The van der Waals surface area contributed by atoms with E-state index in [1.54, 1.807) is 0 Å². The molecular formula is C9HF11O4S2. The smallest absolute Gasteiger partial charge is 0.215 e. The highest BCUT2D eigenvalue weighted by Gasteiger charge is 2.76. The van der Waals surface area contributed by atoms with Crippen molar-refractivity contribution in [3.8, 4) is 0 Å². The Morgan fingerprint density at radius 3 is 1.27 bits per heavy atom. The van der Waals surface area contributed by atoms with Crippen LogP contribution < -0.4 is 0 Å². The minimum absolute atomic E-state index is 1.29. The van der Waals surface area contributed by atoms with Gasteiger partial charge in [0.2, 0.25) is 0 Å². The second-order valence-electron chi connectivity index (χ2n) is 4.28. The zero-order chi connectivity index (χ0) is 21.1. The van der Waals surface area contributed by atoms with Gasteiger partial charge in [-0.05, 0) is 6.07 Å². The van der Waals surface area contributed by atoms with Crippen LogP contribution >= 0.6 is 0 Å². The molecule has 0 bridgehead atoms. The van der Waals surface area contributed by atoms with Gasteiger partial charge in [-0.2, -0.15) is 26.3 Å². The molecule has 0 heterocycles. The fourth-order valence-corrected chi connectivity index (χ4v) is 4.72. The van der Waals surface area contributed by atoms with Crippen LogP contribution in [0.4, 0.5) is 48.3 Å². The standard InChI is InChI=1S/C9HF11O4S2/c10-3-1-2(4(11)6(13)5(3)12)7(14,25(21,22)8(15,16)17)26(23,24)9(18,19)20/h1H. The van der Waals surface area contributed by atoms with Crippen LogP contribution in [0.15, 0.2) is 6.07 Å². The van der Waals surface area contributed by atoms with Gasteiger partial charge >= 0.3 is 35.0 Å². The van der Waals surface area contributed by atoms with Crippen LogP contribution in [0.2, 0.25) is 0 Å². The maximum atomic E-state index is 14.5. The Hall–Kier alpha value is -1.65. The highest BCUT2D eigenvalue weighted by atomic mass is 32.3. The lowest BCUT2D eigenvalue weighted by atomic mass is 10.2. The van der Waals surface area contributed by atoms with Crippen molar-refractivity contribution >= 4 is 19.7 Å². The van der Waals surface area contributed by atoms with Crippen LogP contribution in [0, 0.1) is 23.3 Å². The first-order valence-corrected chi connectivity index (χ1v) is 8.36. The molecule has 0 aliphatic rings. The lowest BCUT2D eigenvalue weighted by molar-refractivity contribution is -0.0532. The zero-order valence-electron chi connectivity index (χ0n) is 11.2. The molecule has 0 aliphatic heterocycles. The van der Waals surface area contributed by atoms with E-state index in [4.69, 9.17) is 0 Å². The molecule has 0 N–H and O–H groups in total. The minimum atomic E-state index is -8.17. The molecule has 0 amide bonds. The molecule has 1 rings (SSSR count). The molecule has 0 unspecified atom stereocenters. The number of alkyl halides is 7. The molecule has 0 aliphatic carbocycles. The molecule has 1 aromatic carbocycles. The topological polar surface area (TPSA) is 68.3 Å². The van der Waals surface area contributed by atoms with Crippen molar-refractivity contribution in [2.75, 3.05) is 0 Å². The molecule has 0 radical (unpaired) electrons. The third kappa shape index (κ3) is 2.80. The van der Waals surface area contributed by atoms with Crippen molar-refractivity contribution in [2.45, 2.75) is 15.3 Å². The molecule has 0 aromatic heterocycles. The third-order valence-corrected chi connectivity index (χ3v) is 7.08. The van der Waals surface area contributed by atoms with Crippen molar-refractivity contribution in [1.82, 2.24) is 0 Å². The molecular weight excluding hydrogens is 445 g/mol. The van der Waals surface area contributed by atoms with Crippen LogP contribution in [-0.4, -0.2) is 27.9 Å². The monoisotopic (exact) mass is 446 g/mol. The van der Waals surface area contributed by atoms with Crippen LogP contribution in [0.3, 0.4) is 0 Å². The van der Waals surface area contributed by atoms with Gasteiger partial charge in [0.1, 0.15) is 0 Å². The zero-order valence-corrected chi connectivity index (χ0v) is 12.8. The number of sulfone groups is 2. The van der Waals surface area contributed by atoms with E-state index < -0.39 is 69.9 Å². The molecule has 26 heavy (non-hydrogen) atoms. The van der Waals surface area contributed by atoms with E-state index in [2.05, 4.69) is 0 Å². The maximum Gasteiger partial charge on any atom is 0.502 e. The summed E-state index contributed by atoms with van der Waals surface area (Å²) in [6, 6.07) is -1.29. The lowest BCUT2D eigenvalue weighted by Crippen LogP contribution is -2.51. The van der Waals surface area contributed by atoms with E-state index in [1.165, 1.54) is 0 Å². The van der Waals surface area contributed by atoms with E-state index in [9.17, 15) is 65.1 Å². The first kappa shape index (κ1) is 22.4. The Kier molecular flexibility index (Phi) is 5.11. The number of benzene rings is 1. The van der Waals surface area contributed by atoms with Crippen LogP contribution in [0.5, 0.6) is 0 Å². The molecule has 1 aromatic rings. The highest BCUT2D eigenvalue weighted by Crippen LogP contribution is 2.51. The SMILES string of the molecule is O=S(=O)(C(F)(F)F)C(F)(c1cc(F)c(F)c(F)c1F)S(=O)(=O)C(F)(F)F. The van der Waals surface area contributed by atoms with E-state index in [0.717, 1.165) is 0 Å². The largest absolute Gasteiger partial charge is 0.502 e. The van der Waals surface area contributed by atoms with Gasteiger partial charge in [-0.15, -0.1) is 0 Å². The van der Waals surface area contributed by atoms with Gasteiger partial charge in [-0.1, -0.05) is 0 Å². The Morgan fingerprint density at radius 1 is 0.615 bits per heavy atom. The van der Waals surface area contributed by atoms with E-state index in [1.807, 2.05) is 0 Å². The van der Waals surface area contributed by atoms with E-state index in [0.29, 0.717) is 0 Å². The van der Waals surface area contributed by atoms with Crippen molar-refractivity contribution in [1.29, 1.82) is 0 Å². The summed E-state index contributed by atoms with van der Waals surface area (Å²) in [6.45, 7) is 0. The average molecular weight is 446 g/mol. The fourth-order valence-electron chi connectivity index (χ4n) is 1.52. The quantitative estimate of drug-likeness (QED) is 0.407. The normalized spacial score (nSPS) is 14.6. The van der Waals surface area contributed by atoms with Crippen molar-refractivity contribution in [3.05, 3.63) is 34.9 Å². The van der Waals surface area contributed by atoms with Crippen molar-refractivity contribution < 1.29 is 65.1 Å². The molecule has 17 heteroatoms. The van der Waals surface area contributed by atoms with Gasteiger partial charge in [0.25, 0.3) is 0 Å². The maximum absolute atomic E-state index is 14.5. The van der Waals surface area contributed by atoms with Crippen LogP contribution in [-0.2, 0) is 24.0 Å². The van der Waals surface area contributed by atoms with E-state index in [-0.39, 0.29) is 0 Å². The summed E-state index contributed by atoms with van der Waals surface area (Å²) in [4.78, 5) is 0. The number of hydrogen-bond donors (Lipinski definition) is 0. The summed E-state index contributed by atoms with van der Waals surface area (Å²) in [6.07, 6.45) is 0. The van der Waals surface area contributed by atoms with Crippen molar-refractivity contribution in [2.24, 2.45) is 0 Å². The van der Waals surface area contributed by atoms with Crippen LogP contribution in [0.1, 0.15) is 5.56 Å². The first-order chi connectivity index (χ1) is 11.2. The molecule has 0 saturated carbocycles. The van der Waals surface area contributed by atoms with Gasteiger partial charge in [0.05, 0.1) is 5.56 Å². The van der Waals surface area contributed by atoms with Gasteiger partial charge in [0.15, 0.2) is 23.3 Å². The van der Waals surface area contributed by atoms with Crippen LogP contribution in [0.25, 0.3) is 0 Å². The molecule has 4 nitrogen and oxygen atoms in total. The Bertz CT molecular complexity index is 899. The fraction of sp³-hybridized carbons (Fsp3) is 0.333. The second-order valence-corrected chi connectivity index (χ2v) is 8.61. The summed E-state index contributed by atoms with van der Waals surface area (Å²) in [7, 11) is -16.3. The first-order valence-electron chi connectivity index (χ1n) is 5.39. The minimum Gasteiger partial charge on any atom is -0.215 e. The Balaban J connectivity index is 4.26. The second kappa shape index (κ2) is 5.93. The molecule has 0 atom stereocenters.